The zero-order chi connectivity index (χ0) is 13.1. The maximum absolute atomic E-state index is 11.0. The normalized spacial score (nSPS) is 14.1. The summed E-state index contributed by atoms with van der Waals surface area (Å²) in [5, 5.41) is 13.7. The molecule has 1 aliphatic rings. The first-order valence-electron chi connectivity index (χ1n) is 5.71. The van der Waals surface area contributed by atoms with Gasteiger partial charge in [-0.15, -0.1) is 0 Å². The molecular formula is C12H14N2O4. The van der Waals surface area contributed by atoms with E-state index in [-0.39, 0.29) is 12.2 Å². The second-order valence-electron chi connectivity index (χ2n) is 4.24. The molecule has 0 aliphatic heterocycles. The molecule has 1 aromatic carbocycles. The number of nitrogens with one attached hydrogen (secondary N) is 1. The average Bonchev–Trinajstić information content (AvgIpc) is 3.19. The number of anilines is 1. The van der Waals surface area contributed by atoms with E-state index in [9.17, 15) is 14.9 Å². The summed E-state index contributed by atoms with van der Waals surface area (Å²) in [5.41, 5.74) is 1.34. The monoisotopic (exact) mass is 250 g/mol. The van der Waals surface area contributed by atoms with Gasteiger partial charge in [-0.3, -0.25) is 14.9 Å². The van der Waals surface area contributed by atoms with E-state index in [1.54, 1.807) is 12.1 Å². The van der Waals surface area contributed by atoms with Gasteiger partial charge in [-0.2, -0.15) is 0 Å². The molecule has 6 heteroatoms. The summed E-state index contributed by atoms with van der Waals surface area (Å²) >= 11 is 0. The zero-order valence-corrected chi connectivity index (χ0v) is 10.0. The van der Waals surface area contributed by atoms with Gasteiger partial charge in [0.05, 0.1) is 12.0 Å². The molecule has 1 N–H and O–H groups in total. The number of nitrogens with zero attached hydrogens (tertiary/aromatic N) is 1. The second kappa shape index (κ2) is 5.03. The Bertz CT molecular complexity index is 483. The Kier molecular flexibility index (Phi) is 3.45. The Hall–Kier alpha value is -2.11. The number of carbonyl (C=O) groups is 1. The lowest BCUT2D eigenvalue weighted by Gasteiger charge is -2.07. The fourth-order valence-electron chi connectivity index (χ4n) is 1.76. The second-order valence-corrected chi connectivity index (χ2v) is 4.24. The van der Waals surface area contributed by atoms with Crippen molar-refractivity contribution < 1.29 is 14.5 Å². The molecular weight excluding hydrogens is 236 g/mol. The molecule has 0 aromatic heterocycles. The highest BCUT2D eigenvalue weighted by Gasteiger charge is 2.26. The molecule has 0 bridgehead atoms. The molecule has 1 saturated carbocycles. The molecule has 0 atom stereocenters. The highest BCUT2D eigenvalue weighted by molar-refractivity contribution is 5.76. The SMILES string of the molecule is COC(=O)CNc1ccc(C2CC2)cc1[N+](=O)[O-]. The van der Waals surface area contributed by atoms with Crippen molar-refractivity contribution in [2.24, 2.45) is 0 Å². The van der Waals surface area contributed by atoms with Gasteiger partial charge in [0.25, 0.3) is 5.69 Å². The molecule has 1 aliphatic carbocycles. The van der Waals surface area contributed by atoms with Crippen LogP contribution in [-0.2, 0) is 9.53 Å². The van der Waals surface area contributed by atoms with Crippen molar-refractivity contribution in [1.82, 2.24) is 0 Å². The number of esters is 1. The third kappa shape index (κ3) is 2.77. The summed E-state index contributed by atoms with van der Waals surface area (Å²) in [5.74, 6) is -0.00563. The van der Waals surface area contributed by atoms with Crippen LogP contribution >= 0.6 is 0 Å². The van der Waals surface area contributed by atoms with Crippen molar-refractivity contribution in [1.29, 1.82) is 0 Å². The molecule has 0 spiro atoms. The first-order valence-corrected chi connectivity index (χ1v) is 5.71. The molecule has 0 saturated heterocycles. The summed E-state index contributed by atoms with van der Waals surface area (Å²) in [7, 11) is 1.27. The maximum Gasteiger partial charge on any atom is 0.325 e. The van der Waals surface area contributed by atoms with Gasteiger partial charge in [0, 0.05) is 6.07 Å². The summed E-state index contributed by atoms with van der Waals surface area (Å²) in [6.07, 6.45) is 2.18. The molecule has 96 valence electrons. The van der Waals surface area contributed by atoms with E-state index < -0.39 is 10.9 Å². The predicted octanol–water partition coefficient (Wildman–Crippen LogP) is 2.06. The van der Waals surface area contributed by atoms with Gasteiger partial charge in [0.15, 0.2) is 0 Å². The fraction of sp³-hybridized carbons (Fsp3) is 0.417. The van der Waals surface area contributed by atoms with Crippen molar-refractivity contribution in [2.45, 2.75) is 18.8 Å². The van der Waals surface area contributed by atoms with Gasteiger partial charge in [-0.25, -0.2) is 0 Å². The Balaban J connectivity index is 2.17. The van der Waals surface area contributed by atoms with Gasteiger partial charge in [-0.05, 0) is 30.4 Å². The van der Waals surface area contributed by atoms with E-state index in [2.05, 4.69) is 10.1 Å². The molecule has 2 rings (SSSR count). The summed E-state index contributed by atoms with van der Waals surface area (Å²) in [6, 6.07) is 5.09. The van der Waals surface area contributed by atoms with Crippen LogP contribution in [0.3, 0.4) is 0 Å². The van der Waals surface area contributed by atoms with Gasteiger partial charge in [0.1, 0.15) is 12.2 Å². The van der Waals surface area contributed by atoms with Crippen LogP contribution in [-0.4, -0.2) is 24.5 Å². The summed E-state index contributed by atoms with van der Waals surface area (Å²) < 4.78 is 4.47. The zero-order valence-electron chi connectivity index (χ0n) is 10.0. The molecule has 0 unspecified atom stereocenters. The van der Waals surface area contributed by atoms with Crippen LogP contribution in [0.5, 0.6) is 0 Å². The van der Waals surface area contributed by atoms with Crippen molar-refractivity contribution in [2.75, 3.05) is 19.0 Å². The third-order valence-corrected chi connectivity index (χ3v) is 2.92. The van der Waals surface area contributed by atoms with Crippen LogP contribution in [0.1, 0.15) is 24.3 Å². The Labute approximate surface area is 104 Å². The fourth-order valence-corrected chi connectivity index (χ4v) is 1.76. The van der Waals surface area contributed by atoms with Crippen molar-refractivity contribution in [3.63, 3.8) is 0 Å². The molecule has 0 radical (unpaired) electrons. The van der Waals surface area contributed by atoms with Crippen LogP contribution in [0.2, 0.25) is 0 Å². The lowest BCUT2D eigenvalue weighted by Crippen LogP contribution is -2.15. The minimum absolute atomic E-state index is 0.00306. The smallest absolute Gasteiger partial charge is 0.325 e. The predicted molar refractivity (Wildman–Crippen MR) is 65.6 cm³/mol. The van der Waals surface area contributed by atoms with Crippen LogP contribution in [0.4, 0.5) is 11.4 Å². The van der Waals surface area contributed by atoms with Crippen molar-refractivity contribution in [3.05, 3.63) is 33.9 Å². The number of hydrogen-bond acceptors (Lipinski definition) is 5. The number of rotatable bonds is 5. The number of hydrogen-bond donors (Lipinski definition) is 1. The summed E-state index contributed by atoms with van der Waals surface area (Å²) in [4.78, 5) is 21.5. The van der Waals surface area contributed by atoms with Crippen LogP contribution < -0.4 is 5.32 Å². The minimum Gasteiger partial charge on any atom is -0.468 e. The highest BCUT2D eigenvalue weighted by Crippen LogP contribution is 2.42. The van der Waals surface area contributed by atoms with Crippen molar-refractivity contribution in [3.8, 4) is 0 Å². The number of nitro benzene ring substituents is 1. The highest BCUT2D eigenvalue weighted by atomic mass is 16.6. The van der Waals surface area contributed by atoms with E-state index in [1.807, 2.05) is 6.07 Å². The Morgan fingerprint density at radius 3 is 2.83 bits per heavy atom. The van der Waals surface area contributed by atoms with E-state index >= 15 is 0 Å². The number of ether oxygens (including phenoxy) is 1. The largest absolute Gasteiger partial charge is 0.468 e. The molecule has 6 nitrogen and oxygen atoms in total. The standard InChI is InChI=1S/C12H14N2O4/c1-18-12(15)7-13-10-5-4-9(8-2-3-8)6-11(10)14(16)17/h4-6,8,13H,2-3,7H2,1H3. The lowest BCUT2D eigenvalue weighted by atomic mass is 10.1. The average molecular weight is 250 g/mol. The van der Waals surface area contributed by atoms with E-state index in [0.29, 0.717) is 11.6 Å². The van der Waals surface area contributed by atoms with E-state index in [0.717, 1.165) is 18.4 Å². The Morgan fingerprint density at radius 2 is 2.28 bits per heavy atom. The Morgan fingerprint density at radius 1 is 1.56 bits per heavy atom. The third-order valence-electron chi connectivity index (χ3n) is 2.92. The van der Waals surface area contributed by atoms with Gasteiger partial charge >= 0.3 is 5.97 Å². The number of nitro groups is 1. The van der Waals surface area contributed by atoms with Crippen LogP contribution in [0.15, 0.2) is 18.2 Å². The van der Waals surface area contributed by atoms with Crippen LogP contribution in [0.25, 0.3) is 0 Å². The molecule has 1 fully saturated rings. The van der Waals surface area contributed by atoms with Gasteiger partial charge < -0.3 is 10.1 Å². The van der Waals surface area contributed by atoms with Crippen molar-refractivity contribution >= 4 is 17.3 Å². The lowest BCUT2D eigenvalue weighted by molar-refractivity contribution is -0.384. The van der Waals surface area contributed by atoms with Gasteiger partial charge in [-0.1, -0.05) is 6.07 Å². The first-order chi connectivity index (χ1) is 8.61. The number of carbonyl (C=O) groups excluding carboxylic acids is 1. The first kappa shape index (κ1) is 12.3. The molecule has 1 aromatic rings. The quantitative estimate of drug-likeness (QED) is 0.491. The topological polar surface area (TPSA) is 81.5 Å². The van der Waals surface area contributed by atoms with Crippen LogP contribution in [0, 0.1) is 10.1 Å². The van der Waals surface area contributed by atoms with E-state index in [1.165, 1.54) is 7.11 Å². The number of benzene rings is 1. The van der Waals surface area contributed by atoms with Gasteiger partial charge in [0.2, 0.25) is 0 Å². The molecule has 0 amide bonds. The summed E-state index contributed by atoms with van der Waals surface area (Å²) in [6.45, 7) is -0.0832. The number of methoxy groups -OCH3 is 1. The molecule has 0 heterocycles. The maximum atomic E-state index is 11.0. The van der Waals surface area contributed by atoms with E-state index in [4.69, 9.17) is 0 Å². The molecule has 18 heavy (non-hydrogen) atoms. The minimum atomic E-state index is -0.462.